The summed E-state index contributed by atoms with van der Waals surface area (Å²) in [6.45, 7) is 9.95. The molecule has 1 saturated carbocycles. The average Bonchev–Trinajstić information content (AvgIpc) is 3.08. The summed E-state index contributed by atoms with van der Waals surface area (Å²) in [5.74, 6) is -0.322. The fourth-order valence-electron chi connectivity index (χ4n) is 4.23. The number of anilines is 1. The molecule has 0 saturated heterocycles. The number of carbonyl (C=O) groups excluding carboxylic acids is 1. The summed E-state index contributed by atoms with van der Waals surface area (Å²) in [5.41, 5.74) is 1.90. The third kappa shape index (κ3) is 5.81. The van der Waals surface area contributed by atoms with Gasteiger partial charge in [-0.3, -0.25) is 14.2 Å². The van der Waals surface area contributed by atoms with Crippen molar-refractivity contribution in [1.29, 1.82) is 0 Å². The molecule has 1 heterocycles. The van der Waals surface area contributed by atoms with Crippen molar-refractivity contribution in [2.75, 3.05) is 11.8 Å². The molecule has 1 fully saturated rings. The van der Waals surface area contributed by atoms with Crippen LogP contribution in [0.4, 0.5) is 5.69 Å². The van der Waals surface area contributed by atoms with Crippen molar-refractivity contribution in [2.24, 2.45) is 12.5 Å². The van der Waals surface area contributed by atoms with E-state index in [2.05, 4.69) is 15.1 Å². The molecule has 1 aliphatic carbocycles. The molecule has 2 N–H and O–H groups in total. The van der Waals surface area contributed by atoms with E-state index in [9.17, 15) is 13.2 Å². The maximum absolute atomic E-state index is 13.3. The number of benzene rings is 1. The second-order valence-electron chi connectivity index (χ2n) is 10.4. The first kappa shape index (κ1) is 26.2. The van der Waals surface area contributed by atoms with Crippen LogP contribution in [0.15, 0.2) is 29.2 Å². The summed E-state index contributed by atoms with van der Waals surface area (Å²) in [4.78, 5) is 13.4. The normalized spacial score (nSPS) is 20.1. The lowest BCUT2D eigenvalue weighted by Gasteiger charge is -2.29. The van der Waals surface area contributed by atoms with Crippen LogP contribution in [-0.4, -0.2) is 43.4 Å². The van der Waals surface area contributed by atoms with Crippen molar-refractivity contribution in [3.63, 3.8) is 0 Å². The van der Waals surface area contributed by atoms with Crippen LogP contribution < -0.4 is 10.0 Å². The highest BCUT2D eigenvalue weighted by molar-refractivity contribution is 7.92. The van der Waals surface area contributed by atoms with Crippen molar-refractivity contribution < 1.29 is 17.9 Å². The molecule has 3 rings (SSSR count). The van der Waals surface area contributed by atoms with Gasteiger partial charge in [-0.15, -0.1) is 0 Å². The lowest BCUT2D eigenvalue weighted by atomic mass is 9.84. The SMILES string of the molecule is COC1CCC(c2c(NS(=O)(=O)c3ccc(C)cc3)c(C(=O)N[C@@H](C)C(C)(C)C)nn2C)CC1. The van der Waals surface area contributed by atoms with E-state index in [0.717, 1.165) is 36.9 Å². The average molecular weight is 491 g/mol. The number of sulfonamides is 1. The number of nitrogens with one attached hydrogen (secondary N) is 2. The number of methoxy groups -OCH3 is 1. The van der Waals surface area contributed by atoms with Crippen molar-refractivity contribution in [3.8, 4) is 0 Å². The van der Waals surface area contributed by atoms with Crippen LogP contribution in [0.3, 0.4) is 0 Å². The molecule has 0 bridgehead atoms. The Kier molecular flexibility index (Phi) is 7.77. The first-order valence-electron chi connectivity index (χ1n) is 11.8. The molecule has 34 heavy (non-hydrogen) atoms. The summed E-state index contributed by atoms with van der Waals surface area (Å²) in [5, 5.41) is 7.50. The minimum absolute atomic E-state index is 0.0706. The van der Waals surface area contributed by atoms with E-state index >= 15 is 0 Å². The molecule has 1 atom stereocenters. The van der Waals surface area contributed by atoms with Gasteiger partial charge in [0.1, 0.15) is 5.69 Å². The van der Waals surface area contributed by atoms with Gasteiger partial charge in [-0.05, 0) is 57.1 Å². The van der Waals surface area contributed by atoms with E-state index in [0.29, 0.717) is 0 Å². The first-order chi connectivity index (χ1) is 15.8. The Balaban J connectivity index is 2.02. The fourth-order valence-corrected chi connectivity index (χ4v) is 5.31. The molecule has 0 unspecified atom stereocenters. The summed E-state index contributed by atoms with van der Waals surface area (Å²) in [6.07, 6.45) is 3.61. The highest BCUT2D eigenvalue weighted by Gasteiger charge is 2.33. The molecular weight excluding hydrogens is 452 g/mol. The topological polar surface area (TPSA) is 102 Å². The first-order valence-corrected chi connectivity index (χ1v) is 13.3. The molecule has 1 amide bonds. The molecule has 1 aromatic carbocycles. The van der Waals surface area contributed by atoms with Crippen LogP contribution in [0.5, 0.6) is 0 Å². The van der Waals surface area contributed by atoms with Crippen LogP contribution in [0.2, 0.25) is 0 Å². The lowest BCUT2D eigenvalue weighted by molar-refractivity contribution is 0.0652. The molecule has 9 heteroatoms. The number of carbonyl (C=O) groups is 1. The lowest BCUT2D eigenvalue weighted by Crippen LogP contribution is -2.41. The second kappa shape index (κ2) is 10.1. The zero-order chi connectivity index (χ0) is 25.3. The van der Waals surface area contributed by atoms with Gasteiger partial charge >= 0.3 is 0 Å². The van der Waals surface area contributed by atoms with E-state index in [4.69, 9.17) is 4.74 Å². The van der Waals surface area contributed by atoms with Crippen LogP contribution in [-0.2, 0) is 21.8 Å². The fraction of sp³-hybridized carbons (Fsp3) is 0.600. The number of ether oxygens (including phenoxy) is 1. The standard InChI is InChI=1S/C25H38N4O4S/c1-16-8-14-20(15-9-16)34(31,32)28-21-22(24(30)26-17(2)25(3,4)5)27-29(6)23(21)18-10-12-19(33-7)13-11-18/h8-9,14-15,17-19,28H,10-13H2,1-7H3,(H,26,30)/t17-,18?,19?/m0/s1. The molecule has 0 radical (unpaired) electrons. The second-order valence-corrected chi connectivity index (χ2v) is 12.1. The molecule has 0 spiro atoms. The van der Waals surface area contributed by atoms with Crippen molar-refractivity contribution in [1.82, 2.24) is 15.1 Å². The summed E-state index contributed by atoms with van der Waals surface area (Å²) in [6, 6.07) is 6.51. The van der Waals surface area contributed by atoms with Gasteiger partial charge in [0, 0.05) is 26.1 Å². The predicted octanol–water partition coefficient (Wildman–Crippen LogP) is 4.37. The highest BCUT2D eigenvalue weighted by atomic mass is 32.2. The summed E-state index contributed by atoms with van der Waals surface area (Å²) in [7, 11) is -0.428. The zero-order valence-corrected chi connectivity index (χ0v) is 22.1. The minimum atomic E-state index is -3.91. The predicted molar refractivity (Wildman–Crippen MR) is 134 cm³/mol. The van der Waals surface area contributed by atoms with Crippen LogP contribution in [0, 0.1) is 12.3 Å². The Bertz CT molecular complexity index is 1110. The Hall–Kier alpha value is -2.39. The third-order valence-corrected chi connectivity index (χ3v) is 8.28. The molecule has 188 valence electrons. The van der Waals surface area contributed by atoms with E-state index in [1.807, 2.05) is 34.6 Å². The van der Waals surface area contributed by atoms with Gasteiger partial charge in [-0.25, -0.2) is 8.42 Å². The Morgan fingerprint density at radius 2 is 1.74 bits per heavy atom. The molecule has 0 aliphatic heterocycles. The van der Waals surface area contributed by atoms with Gasteiger partial charge in [-0.2, -0.15) is 5.10 Å². The van der Waals surface area contributed by atoms with Gasteiger partial charge in [0.25, 0.3) is 15.9 Å². The van der Waals surface area contributed by atoms with E-state index < -0.39 is 15.9 Å². The minimum Gasteiger partial charge on any atom is -0.381 e. The van der Waals surface area contributed by atoms with Gasteiger partial charge in [0.15, 0.2) is 5.69 Å². The number of hydrogen-bond acceptors (Lipinski definition) is 5. The molecule has 1 aliphatic rings. The van der Waals surface area contributed by atoms with E-state index in [1.54, 1.807) is 43.1 Å². The van der Waals surface area contributed by atoms with Gasteiger partial charge in [-0.1, -0.05) is 38.5 Å². The smallest absolute Gasteiger partial charge is 0.274 e. The Labute approximate surface area is 203 Å². The largest absolute Gasteiger partial charge is 0.381 e. The number of hydrogen-bond donors (Lipinski definition) is 2. The number of aryl methyl sites for hydroxylation is 2. The van der Waals surface area contributed by atoms with Crippen LogP contribution in [0.1, 0.15) is 81.0 Å². The van der Waals surface area contributed by atoms with E-state index in [1.165, 1.54) is 0 Å². The summed E-state index contributed by atoms with van der Waals surface area (Å²) < 4.78 is 36.5. The van der Waals surface area contributed by atoms with Crippen molar-refractivity contribution in [3.05, 3.63) is 41.2 Å². The van der Waals surface area contributed by atoms with Gasteiger partial charge in [0.2, 0.25) is 0 Å². The maximum atomic E-state index is 13.3. The van der Waals surface area contributed by atoms with Crippen molar-refractivity contribution >= 4 is 21.6 Å². The quantitative estimate of drug-likeness (QED) is 0.600. The third-order valence-electron chi connectivity index (χ3n) is 6.92. The molecule has 2 aromatic rings. The van der Waals surface area contributed by atoms with Gasteiger partial charge in [0.05, 0.1) is 16.7 Å². The molecular formula is C25H38N4O4S. The number of rotatable bonds is 7. The highest BCUT2D eigenvalue weighted by Crippen LogP contribution is 2.39. The van der Waals surface area contributed by atoms with Crippen molar-refractivity contribution in [2.45, 2.75) is 83.3 Å². The Morgan fingerprint density at radius 3 is 2.26 bits per heavy atom. The number of amides is 1. The van der Waals surface area contributed by atoms with E-state index in [-0.39, 0.29) is 39.8 Å². The van der Waals surface area contributed by atoms with Crippen LogP contribution in [0.25, 0.3) is 0 Å². The van der Waals surface area contributed by atoms with Crippen LogP contribution >= 0.6 is 0 Å². The zero-order valence-electron chi connectivity index (χ0n) is 21.3. The number of nitrogens with zero attached hydrogens (tertiary/aromatic N) is 2. The summed E-state index contributed by atoms with van der Waals surface area (Å²) >= 11 is 0. The number of aromatic nitrogens is 2. The molecule has 8 nitrogen and oxygen atoms in total. The monoisotopic (exact) mass is 490 g/mol. The molecule has 1 aromatic heterocycles. The maximum Gasteiger partial charge on any atom is 0.274 e. The van der Waals surface area contributed by atoms with Gasteiger partial charge < -0.3 is 10.1 Å². The Morgan fingerprint density at radius 1 is 1.15 bits per heavy atom.